The van der Waals surface area contributed by atoms with Crippen LogP contribution in [0.4, 0.5) is 0 Å². The van der Waals surface area contributed by atoms with Gasteiger partial charge in [-0.2, -0.15) is 0 Å². The Labute approximate surface area is 83.0 Å². The molecule has 0 saturated carbocycles. The third kappa shape index (κ3) is 1.34. The van der Waals surface area contributed by atoms with Crippen molar-refractivity contribution in [3.8, 4) is 5.75 Å². The monoisotopic (exact) mass is 187 g/mol. The van der Waals surface area contributed by atoms with E-state index >= 15 is 0 Å². The quantitative estimate of drug-likeness (QED) is 0.720. The van der Waals surface area contributed by atoms with Crippen molar-refractivity contribution in [3.05, 3.63) is 42.0 Å². The molecule has 0 saturated heterocycles. The van der Waals surface area contributed by atoms with Crippen molar-refractivity contribution in [1.29, 1.82) is 0 Å². The first-order valence-electron chi connectivity index (χ1n) is 4.66. The Morgan fingerprint density at radius 2 is 1.86 bits per heavy atom. The van der Waals surface area contributed by atoms with Crippen LogP contribution in [0.2, 0.25) is 0 Å². The lowest BCUT2D eigenvalue weighted by Crippen LogP contribution is -2.05. The van der Waals surface area contributed by atoms with E-state index in [1.165, 1.54) is 0 Å². The lowest BCUT2D eigenvalue weighted by Gasteiger charge is -2.11. The summed E-state index contributed by atoms with van der Waals surface area (Å²) in [7, 11) is 0. The summed E-state index contributed by atoms with van der Waals surface area (Å²) >= 11 is 0. The Morgan fingerprint density at radius 1 is 1.14 bits per heavy atom. The second-order valence-corrected chi connectivity index (χ2v) is 3.51. The van der Waals surface area contributed by atoms with Crippen LogP contribution in [0.15, 0.2) is 36.4 Å². The zero-order chi connectivity index (χ0) is 10.1. The van der Waals surface area contributed by atoms with Crippen LogP contribution < -0.4 is 5.73 Å². The zero-order valence-corrected chi connectivity index (χ0v) is 8.07. The second-order valence-electron chi connectivity index (χ2n) is 3.51. The minimum atomic E-state index is -0.152. The maximum atomic E-state index is 9.70. The third-order valence-corrected chi connectivity index (χ3v) is 2.40. The summed E-state index contributed by atoms with van der Waals surface area (Å²) in [4.78, 5) is 0. The van der Waals surface area contributed by atoms with Crippen LogP contribution in [0.25, 0.3) is 10.8 Å². The molecule has 0 aliphatic rings. The van der Waals surface area contributed by atoms with Crippen molar-refractivity contribution >= 4 is 10.8 Å². The minimum Gasteiger partial charge on any atom is -0.508 e. The van der Waals surface area contributed by atoms with Crippen molar-refractivity contribution in [2.45, 2.75) is 13.0 Å². The van der Waals surface area contributed by atoms with Gasteiger partial charge in [0.05, 0.1) is 0 Å². The number of rotatable bonds is 1. The van der Waals surface area contributed by atoms with Crippen LogP contribution in [0.1, 0.15) is 18.5 Å². The van der Waals surface area contributed by atoms with Crippen LogP contribution >= 0.6 is 0 Å². The summed E-state index contributed by atoms with van der Waals surface area (Å²) in [5, 5.41) is 11.8. The molecule has 0 aliphatic carbocycles. The Morgan fingerprint density at radius 3 is 2.57 bits per heavy atom. The number of phenolic OH excluding ortho intramolecular Hbond substituents is 1. The van der Waals surface area contributed by atoms with E-state index in [1.807, 2.05) is 37.3 Å². The van der Waals surface area contributed by atoms with Gasteiger partial charge in [-0.05, 0) is 23.8 Å². The summed E-state index contributed by atoms with van der Waals surface area (Å²) in [5.74, 6) is 0.277. The number of aromatic hydroxyl groups is 1. The smallest absolute Gasteiger partial charge is 0.120 e. The highest BCUT2D eigenvalue weighted by Crippen LogP contribution is 2.30. The first kappa shape index (κ1) is 9.03. The molecule has 2 heteroatoms. The highest BCUT2D eigenvalue weighted by Gasteiger charge is 2.09. The van der Waals surface area contributed by atoms with E-state index in [0.717, 1.165) is 16.3 Å². The molecule has 0 fully saturated rings. The Balaban J connectivity index is 2.83. The van der Waals surface area contributed by atoms with Crippen LogP contribution in [-0.4, -0.2) is 5.11 Å². The van der Waals surface area contributed by atoms with E-state index in [9.17, 15) is 5.11 Å². The summed E-state index contributed by atoms with van der Waals surface area (Å²) in [5.41, 5.74) is 6.64. The molecule has 72 valence electrons. The van der Waals surface area contributed by atoms with E-state index < -0.39 is 0 Å². The molecule has 14 heavy (non-hydrogen) atoms. The number of fused-ring (bicyclic) bond motifs is 1. The largest absolute Gasteiger partial charge is 0.508 e. The second kappa shape index (κ2) is 3.31. The number of hydrogen-bond donors (Lipinski definition) is 2. The molecule has 0 amide bonds. The van der Waals surface area contributed by atoms with Gasteiger partial charge in [0.2, 0.25) is 0 Å². The van der Waals surface area contributed by atoms with E-state index in [4.69, 9.17) is 5.73 Å². The number of phenols is 1. The normalized spacial score (nSPS) is 13.0. The topological polar surface area (TPSA) is 46.2 Å². The molecule has 0 aromatic heterocycles. The fourth-order valence-corrected chi connectivity index (χ4v) is 1.76. The van der Waals surface area contributed by atoms with Crippen LogP contribution in [-0.2, 0) is 0 Å². The lowest BCUT2D eigenvalue weighted by atomic mass is 9.99. The van der Waals surface area contributed by atoms with Crippen molar-refractivity contribution in [2.75, 3.05) is 0 Å². The summed E-state index contributed by atoms with van der Waals surface area (Å²) in [6.07, 6.45) is 0. The molecule has 2 aromatic carbocycles. The molecule has 2 aromatic rings. The molecule has 1 atom stereocenters. The van der Waals surface area contributed by atoms with Crippen molar-refractivity contribution < 1.29 is 5.11 Å². The maximum absolute atomic E-state index is 9.70. The number of benzene rings is 2. The highest BCUT2D eigenvalue weighted by molar-refractivity contribution is 5.88. The predicted octanol–water partition coefficient (Wildman–Crippen LogP) is 2.57. The standard InChI is InChI=1S/C12H13NO/c1-8(13)12-10-5-3-2-4-9(10)6-7-11(12)14/h2-8,14H,13H2,1H3. The van der Waals surface area contributed by atoms with E-state index in [1.54, 1.807) is 6.07 Å². The molecule has 3 N–H and O–H groups in total. The third-order valence-electron chi connectivity index (χ3n) is 2.40. The van der Waals surface area contributed by atoms with Gasteiger partial charge in [0.1, 0.15) is 5.75 Å². The van der Waals surface area contributed by atoms with Gasteiger partial charge in [-0.1, -0.05) is 30.3 Å². The van der Waals surface area contributed by atoms with Gasteiger partial charge >= 0.3 is 0 Å². The Hall–Kier alpha value is -1.54. The van der Waals surface area contributed by atoms with Gasteiger partial charge in [0, 0.05) is 11.6 Å². The lowest BCUT2D eigenvalue weighted by molar-refractivity contribution is 0.465. The van der Waals surface area contributed by atoms with Crippen molar-refractivity contribution in [1.82, 2.24) is 0 Å². The van der Waals surface area contributed by atoms with Crippen LogP contribution in [0.5, 0.6) is 5.75 Å². The first-order valence-corrected chi connectivity index (χ1v) is 4.66. The average molecular weight is 187 g/mol. The molecule has 0 heterocycles. The average Bonchev–Trinajstić information content (AvgIpc) is 2.17. The summed E-state index contributed by atoms with van der Waals surface area (Å²) in [6, 6.07) is 11.4. The fourth-order valence-electron chi connectivity index (χ4n) is 1.76. The highest BCUT2D eigenvalue weighted by atomic mass is 16.3. The molecule has 2 nitrogen and oxygen atoms in total. The maximum Gasteiger partial charge on any atom is 0.120 e. The summed E-state index contributed by atoms with van der Waals surface area (Å²) < 4.78 is 0. The molecular weight excluding hydrogens is 174 g/mol. The number of nitrogens with two attached hydrogens (primary N) is 1. The van der Waals surface area contributed by atoms with Gasteiger partial charge in [-0.25, -0.2) is 0 Å². The van der Waals surface area contributed by atoms with Crippen molar-refractivity contribution in [3.63, 3.8) is 0 Å². The summed E-state index contributed by atoms with van der Waals surface area (Å²) in [6.45, 7) is 1.88. The Kier molecular flexibility index (Phi) is 2.14. The molecule has 0 aliphatic heterocycles. The fraction of sp³-hybridized carbons (Fsp3) is 0.167. The van der Waals surface area contributed by atoms with E-state index in [0.29, 0.717) is 0 Å². The van der Waals surface area contributed by atoms with Gasteiger partial charge < -0.3 is 10.8 Å². The molecule has 0 radical (unpaired) electrons. The van der Waals surface area contributed by atoms with E-state index in [-0.39, 0.29) is 11.8 Å². The van der Waals surface area contributed by atoms with Crippen LogP contribution in [0, 0.1) is 0 Å². The van der Waals surface area contributed by atoms with E-state index in [2.05, 4.69) is 0 Å². The van der Waals surface area contributed by atoms with Crippen molar-refractivity contribution in [2.24, 2.45) is 5.73 Å². The number of hydrogen-bond acceptors (Lipinski definition) is 2. The zero-order valence-electron chi connectivity index (χ0n) is 8.07. The van der Waals surface area contributed by atoms with Gasteiger partial charge in [0.15, 0.2) is 0 Å². The first-order chi connectivity index (χ1) is 6.70. The van der Waals surface area contributed by atoms with Gasteiger partial charge in [0.25, 0.3) is 0 Å². The Bertz CT molecular complexity index is 463. The molecule has 0 spiro atoms. The van der Waals surface area contributed by atoms with Gasteiger partial charge in [-0.3, -0.25) is 0 Å². The SMILES string of the molecule is CC(N)c1c(O)ccc2ccccc12. The van der Waals surface area contributed by atoms with Crippen LogP contribution in [0.3, 0.4) is 0 Å². The molecule has 0 bridgehead atoms. The van der Waals surface area contributed by atoms with Gasteiger partial charge in [-0.15, -0.1) is 0 Å². The minimum absolute atomic E-state index is 0.152. The molecule has 1 unspecified atom stereocenters. The molecular formula is C12H13NO. The molecule has 2 rings (SSSR count). The predicted molar refractivity (Wildman–Crippen MR) is 58.2 cm³/mol.